The molecular formula is C12H7ClF3N3O. The maximum Gasteiger partial charge on any atom is 0.416 e. The molecule has 20 heavy (non-hydrogen) atoms. The van der Waals surface area contributed by atoms with Crippen LogP contribution in [0.3, 0.4) is 0 Å². The molecule has 0 aliphatic rings. The van der Waals surface area contributed by atoms with Gasteiger partial charge in [0, 0.05) is 5.56 Å². The summed E-state index contributed by atoms with van der Waals surface area (Å²) in [6.07, 6.45) is -2.00. The molecule has 4 nitrogen and oxygen atoms in total. The molecule has 0 atom stereocenters. The zero-order valence-corrected chi connectivity index (χ0v) is 10.5. The predicted molar refractivity (Wildman–Crippen MR) is 66.4 cm³/mol. The van der Waals surface area contributed by atoms with Gasteiger partial charge in [-0.1, -0.05) is 6.07 Å². The molecule has 0 aliphatic carbocycles. The Labute approximate surface area is 116 Å². The van der Waals surface area contributed by atoms with Gasteiger partial charge in [-0.05, 0) is 29.8 Å². The number of halogens is 4. The predicted octanol–water partition coefficient (Wildman–Crippen LogP) is 3.40. The number of nitrogens with zero attached hydrogens (tertiary/aromatic N) is 2. The fourth-order valence-electron chi connectivity index (χ4n) is 1.42. The third-order valence-electron chi connectivity index (χ3n) is 2.33. The molecule has 1 aromatic heterocycles. The summed E-state index contributed by atoms with van der Waals surface area (Å²) in [4.78, 5) is 19.1. The Morgan fingerprint density at radius 2 is 1.85 bits per heavy atom. The Morgan fingerprint density at radius 3 is 2.45 bits per heavy atom. The molecular weight excluding hydrogens is 295 g/mol. The number of nitrogens with one attached hydrogen (secondary N) is 1. The average Bonchev–Trinajstić information content (AvgIpc) is 2.40. The van der Waals surface area contributed by atoms with Gasteiger partial charge in [-0.2, -0.15) is 13.2 Å². The van der Waals surface area contributed by atoms with Crippen molar-refractivity contribution in [3.8, 4) is 0 Å². The Bertz CT molecular complexity index is 629. The number of hydrogen-bond acceptors (Lipinski definition) is 3. The van der Waals surface area contributed by atoms with E-state index in [4.69, 9.17) is 11.6 Å². The van der Waals surface area contributed by atoms with Crippen LogP contribution >= 0.6 is 11.6 Å². The number of rotatable bonds is 2. The molecule has 0 saturated carbocycles. The molecule has 104 valence electrons. The van der Waals surface area contributed by atoms with E-state index in [-0.39, 0.29) is 16.5 Å². The van der Waals surface area contributed by atoms with E-state index in [1.807, 2.05) is 0 Å². The van der Waals surface area contributed by atoms with Gasteiger partial charge in [-0.3, -0.25) is 4.79 Å². The van der Waals surface area contributed by atoms with Gasteiger partial charge in [-0.25, -0.2) is 9.97 Å². The number of amides is 1. The Morgan fingerprint density at radius 1 is 1.20 bits per heavy atom. The molecule has 8 heteroatoms. The van der Waals surface area contributed by atoms with Crippen LogP contribution in [0, 0.1) is 0 Å². The van der Waals surface area contributed by atoms with Crippen molar-refractivity contribution in [1.29, 1.82) is 0 Å². The number of alkyl halides is 3. The number of aromatic nitrogens is 2. The molecule has 1 N–H and O–H groups in total. The average molecular weight is 302 g/mol. The largest absolute Gasteiger partial charge is 0.416 e. The number of carbonyl (C=O) groups is 1. The third kappa shape index (κ3) is 3.45. The molecule has 2 aromatic rings. The van der Waals surface area contributed by atoms with Crippen molar-refractivity contribution in [3.05, 3.63) is 53.1 Å². The van der Waals surface area contributed by atoms with Crippen LogP contribution in [0.15, 0.2) is 36.7 Å². The summed E-state index contributed by atoms with van der Waals surface area (Å²) in [5.74, 6) is -0.693. The van der Waals surface area contributed by atoms with Crippen LogP contribution in [-0.4, -0.2) is 15.9 Å². The molecule has 0 saturated heterocycles. The maximum absolute atomic E-state index is 12.5. The first-order valence-corrected chi connectivity index (χ1v) is 5.70. The van der Waals surface area contributed by atoms with Gasteiger partial charge in [0.15, 0.2) is 0 Å². The van der Waals surface area contributed by atoms with Gasteiger partial charge in [0.25, 0.3) is 5.91 Å². The zero-order chi connectivity index (χ0) is 14.8. The van der Waals surface area contributed by atoms with Gasteiger partial charge in [0.05, 0.1) is 23.6 Å². The first kappa shape index (κ1) is 14.3. The summed E-state index contributed by atoms with van der Waals surface area (Å²) in [5.41, 5.74) is -0.774. The number of carbonyl (C=O) groups excluding carboxylic acids is 1. The van der Waals surface area contributed by atoms with E-state index in [0.717, 1.165) is 18.2 Å². The van der Waals surface area contributed by atoms with E-state index in [0.29, 0.717) is 0 Å². The summed E-state index contributed by atoms with van der Waals surface area (Å²) < 4.78 is 37.6. The summed E-state index contributed by atoms with van der Waals surface area (Å²) >= 11 is 5.48. The summed E-state index contributed by atoms with van der Waals surface area (Å²) in [7, 11) is 0. The minimum Gasteiger partial charge on any atom is -0.319 e. The van der Waals surface area contributed by atoms with Gasteiger partial charge in [0.2, 0.25) is 5.28 Å². The lowest BCUT2D eigenvalue weighted by atomic mass is 10.1. The van der Waals surface area contributed by atoms with Crippen molar-refractivity contribution in [1.82, 2.24) is 9.97 Å². The van der Waals surface area contributed by atoms with Gasteiger partial charge >= 0.3 is 6.18 Å². The van der Waals surface area contributed by atoms with Crippen LogP contribution in [0.4, 0.5) is 18.9 Å². The minimum absolute atomic E-state index is 0.00191. The molecule has 0 aliphatic heterocycles. The number of anilines is 1. The Kier molecular flexibility index (Phi) is 3.89. The molecule has 0 spiro atoms. The van der Waals surface area contributed by atoms with Crippen LogP contribution in [-0.2, 0) is 6.18 Å². The van der Waals surface area contributed by atoms with Crippen molar-refractivity contribution >= 4 is 23.2 Å². The molecule has 0 unspecified atom stereocenters. The monoisotopic (exact) mass is 301 g/mol. The van der Waals surface area contributed by atoms with Crippen LogP contribution in [0.1, 0.15) is 15.9 Å². The van der Waals surface area contributed by atoms with E-state index in [2.05, 4.69) is 15.3 Å². The molecule has 1 aromatic carbocycles. The highest BCUT2D eigenvalue weighted by atomic mass is 35.5. The molecule has 1 heterocycles. The molecule has 2 rings (SSSR count). The smallest absolute Gasteiger partial charge is 0.319 e. The second-order valence-corrected chi connectivity index (χ2v) is 4.11. The minimum atomic E-state index is -4.50. The van der Waals surface area contributed by atoms with Crippen molar-refractivity contribution in [2.24, 2.45) is 0 Å². The van der Waals surface area contributed by atoms with E-state index >= 15 is 0 Å². The standard InChI is InChI=1S/C12H7ClF3N3O/c13-11-17-5-9(6-18-11)19-10(20)7-2-1-3-8(4-7)12(14,15)16/h1-6H,(H,19,20). The quantitative estimate of drug-likeness (QED) is 0.865. The van der Waals surface area contributed by atoms with Crippen LogP contribution in [0.5, 0.6) is 0 Å². The SMILES string of the molecule is O=C(Nc1cnc(Cl)nc1)c1cccc(C(F)(F)F)c1. The fourth-order valence-corrected chi connectivity index (χ4v) is 1.51. The fraction of sp³-hybridized carbons (Fsp3) is 0.0833. The molecule has 0 radical (unpaired) electrons. The van der Waals surface area contributed by atoms with Crippen LogP contribution < -0.4 is 5.32 Å². The van der Waals surface area contributed by atoms with Crippen LogP contribution in [0.25, 0.3) is 0 Å². The van der Waals surface area contributed by atoms with Crippen LogP contribution in [0.2, 0.25) is 5.28 Å². The highest BCUT2D eigenvalue weighted by Gasteiger charge is 2.30. The molecule has 0 bridgehead atoms. The van der Waals surface area contributed by atoms with Gasteiger partial charge in [-0.15, -0.1) is 0 Å². The van der Waals surface area contributed by atoms with E-state index < -0.39 is 17.6 Å². The Hall–Kier alpha value is -2.15. The first-order valence-electron chi connectivity index (χ1n) is 5.32. The molecule has 0 fully saturated rings. The van der Waals surface area contributed by atoms with E-state index in [1.54, 1.807) is 0 Å². The normalized spacial score (nSPS) is 11.2. The lowest BCUT2D eigenvalue weighted by Gasteiger charge is -2.09. The summed E-state index contributed by atoms with van der Waals surface area (Å²) in [5, 5.41) is 2.38. The lowest BCUT2D eigenvalue weighted by molar-refractivity contribution is -0.137. The van der Waals surface area contributed by atoms with Crippen molar-refractivity contribution < 1.29 is 18.0 Å². The van der Waals surface area contributed by atoms with Gasteiger partial charge in [0.1, 0.15) is 0 Å². The van der Waals surface area contributed by atoms with Crippen molar-refractivity contribution in [3.63, 3.8) is 0 Å². The summed E-state index contributed by atoms with van der Waals surface area (Å²) in [6, 6.07) is 4.10. The van der Waals surface area contributed by atoms with Crippen molar-refractivity contribution in [2.75, 3.05) is 5.32 Å². The van der Waals surface area contributed by atoms with Gasteiger partial charge < -0.3 is 5.32 Å². The molecule has 1 amide bonds. The van der Waals surface area contributed by atoms with E-state index in [9.17, 15) is 18.0 Å². The topological polar surface area (TPSA) is 54.9 Å². The van der Waals surface area contributed by atoms with E-state index in [1.165, 1.54) is 18.5 Å². The lowest BCUT2D eigenvalue weighted by Crippen LogP contribution is -2.14. The first-order chi connectivity index (χ1) is 9.36. The highest BCUT2D eigenvalue weighted by Crippen LogP contribution is 2.29. The third-order valence-corrected chi connectivity index (χ3v) is 2.53. The number of hydrogen-bond donors (Lipinski definition) is 1. The second-order valence-electron chi connectivity index (χ2n) is 3.77. The number of benzene rings is 1. The highest BCUT2D eigenvalue weighted by molar-refractivity contribution is 6.28. The summed E-state index contributed by atoms with van der Waals surface area (Å²) in [6.45, 7) is 0. The maximum atomic E-state index is 12.5. The second kappa shape index (κ2) is 5.46. The Balaban J connectivity index is 2.19. The zero-order valence-electron chi connectivity index (χ0n) is 9.78. The van der Waals surface area contributed by atoms with Crippen molar-refractivity contribution in [2.45, 2.75) is 6.18 Å².